The minimum Gasteiger partial charge on any atom is -0.316 e. The highest BCUT2D eigenvalue weighted by molar-refractivity contribution is 4.83. The molecule has 116 valence electrons. The summed E-state index contributed by atoms with van der Waals surface area (Å²) in [5.41, 5.74) is 0.457. The first-order chi connectivity index (χ1) is 9.03. The lowest BCUT2D eigenvalue weighted by molar-refractivity contribution is 0.136. The number of hydrogen-bond acceptors (Lipinski definition) is 2. The van der Waals surface area contributed by atoms with Gasteiger partial charge in [0.05, 0.1) is 0 Å². The summed E-state index contributed by atoms with van der Waals surface area (Å²) < 4.78 is 0. The van der Waals surface area contributed by atoms with Crippen molar-refractivity contribution in [3.63, 3.8) is 0 Å². The first kappa shape index (κ1) is 18.9. The van der Waals surface area contributed by atoms with Crippen LogP contribution in [0.5, 0.6) is 0 Å². The van der Waals surface area contributed by atoms with Gasteiger partial charge >= 0.3 is 0 Å². The zero-order valence-corrected chi connectivity index (χ0v) is 14.4. The summed E-state index contributed by atoms with van der Waals surface area (Å²) >= 11 is 0. The topological polar surface area (TPSA) is 15.3 Å². The minimum atomic E-state index is 0.457. The molecule has 2 heteroatoms. The van der Waals surface area contributed by atoms with Crippen molar-refractivity contribution in [2.75, 3.05) is 32.7 Å². The monoisotopic (exact) mass is 270 g/mol. The van der Waals surface area contributed by atoms with Crippen LogP contribution in [0.1, 0.15) is 67.2 Å². The molecule has 0 unspecified atom stereocenters. The lowest BCUT2D eigenvalue weighted by Crippen LogP contribution is -2.44. The van der Waals surface area contributed by atoms with Crippen LogP contribution in [0.15, 0.2) is 0 Å². The van der Waals surface area contributed by atoms with E-state index in [9.17, 15) is 0 Å². The smallest absolute Gasteiger partial charge is 0.00498 e. The van der Waals surface area contributed by atoms with Crippen LogP contribution in [0.4, 0.5) is 0 Å². The zero-order valence-electron chi connectivity index (χ0n) is 14.4. The third-order valence-electron chi connectivity index (χ3n) is 4.39. The van der Waals surface area contributed by atoms with Crippen LogP contribution in [-0.4, -0.2) is 37.6 Å². The van der Waals surface area contributed by atoms with Crippen molar-refractivity contribution in [3.05, 3.63) is 0 Å². The standard InChI is InChI=1S/C17H38N2/c1-7-11-12-19(10-4)15-17(8-2,9-3)14-18-13-16(5)6/h16,18H,7-15H2,1-6H3. The Hall–Kier alpha value is -0.0800. The van der Waals surface area contributed by atoms with E-state index < -0.39 is 0 Å². The van der Waals surface area contributed by atoms with Crippen LogP contribution in [-0.2, 0) is 0 Å². The summed E-state index contributed by atoms with van der Waals surface area (Å²) in [5, 5.41) is 3.69. The van der Waals surface area contributed by atoms with E-state index in [2.05, 4.69) is 51.8 Å². The highest BCUT2D eigenvalue weighted by atomic mass is 15.1. The molecule has 1 N–H and O–H groups in total. The average molecular weight is 271 g/mol. The highest BCUT2D eigenvalue weighted by Crippen LogP contribution is 2.27. The normalized spacial score (nSPS) is 12.6. The summed E-state index contributed by atoms with van der Waals surface area (Å²) in [4.78, 5) is 2.65. The molecule has 0 spiro atoms. The van der Waals surface area contributed by atoms with Gasteiger partial charge in [-0.05, 0) is 50.2 Å². The third kappa shape index (κ3) is 7.94. The largest absolute Gasteiger partial charge is 0.316 e. The number of nitrogens with one attached hydrogen (secondary N) is 1. The van der Waals surface area contributed by atoms with Gasteiger partial charge in [-0.25, -0.2) is 0 Å². The van der Waals surface area contributed by atoms with Gasteiger partial charge in [-0.1, -0.05) is 48.0 Å². The summed E-state index contributed by atoms with van der Waals surface area (Å²) in [5.74, 6) is 0.744. The second-order valence-corrected chi connectivity index (χ2v) is 6.45. The Morgan fingerprint density at radius 1 is 1.05 bits per heavy atom. The van der Waals surface area contributed by atoms with Crippen molar-refractivity contribution < 1.29 is 0 Å². The maximum Gasteiger partial charge on any atom is 0.00498 e. The van der Waals surface area contributed by atoms with E-state index in [0.717, 1.165) is 12.5 Å². The van der Waals surface area contributed by atoms with E-state index >= 15 is 0 Å². The molecule has 0 aromatic rings. The molecule has 2 nitrogen and oxygen atoms in total. The molecule has 0 rings (SSSR count). The molecule has 0 aromatic heterocycles. The van der Waals surface area contributed by atoms with Gasteiger partial charge in [-0.3, -0.25) is 0 Å². The summed E-state index contributed by atoms with van der Waals surface area (Å²) in [6, 6.07) is 0. The van der Waals surface area contributed by atoms with Gasteiger partial charge in [-0.2, -0.15) is 0 Å². The predicted molar refractivity (Wildman–Crippen MR) is 87.7 cm³/mol. The van der Waals surface area contributed by atoms with Gasteiger partial charge < -0.3 is 10.2 Å². The van der Waals surface area contributed by atoms with E-state index in [-0.39, 0.29) is 0 Å². The molecule has 0 aliphatic heterocycles. The fourth-order valence-electron chi connectivity index (χ4n) is 2.61. The van der Waals surface area contributed by atoms with Crippen molar-refractivity contribution in [1.29, 1.82) is 0 Å². The van der Waals surface area contributed by atoms with Gasteiger partial charge in [0.1, 0.15) is 0 Å². The number of hydrogen-bond donors (Lipinski definition) is 1. The van der Waals surface area contributed by atoms with Crippen LogP contribution in [0.3, 0.4) is 0 Å². The Labute approximate surface area is 122 Å². The molecular formula is C17H38N2. The fraction of sp³-hybridized carbons (Fsp3) is 1.00. The molecule has 0 aromatic carbocycles. The van der Waals surface area contributed by atoms with Crippen LogP contribution >= 0.6 is 0 Å². The van der Waals surface area contributed by atoms with Gasteiger partial charge in [0.25, 0.3) is 0 Å². The molecule has 0 bridgehead atoms. The summed E-state index contributed by atoms with van der Waals surface area (Å²) in [7, 11) is 0. The Bertz CT molecular complexity index is 197. The molecular weight excluding hydrogens is 232 g/mol. The van der Waals surface area contributed by atoms with Crippen molar-refractivity contribution >= 4 is 0 Å². The van der Waals surface area contributed by atoms with E-state index in [1.807, 2.05) is 0 Å². The van der Waals surface area contributed by atoms with Crippen LogP contribution in [0, 0.1) is 11.3 Å². The molecule has 19 heavy (non-hydrogen) atoms. The van der Waals surface area contributed by atoms with Crippen molar-refractivity contribution in [3.8, 4) is 0 Å². The van der Waals surface area contributed by atoms with Gasteiger partial charge in [-0.15, -0.1) is 0 Å². The predicted octanol–water partition coefficient (Wildman–Crippen LogP) is 4.16. The minimum absolute atomic E-state index is 0.457. The molecule has 0 heterocycles. The maximum atomic E-state index is 3.69. The maximum absolute atomic E-state index is 3.69. The number of rotatable bonds is 12. The van der Waals surface area contributed by atoms with Gasteiger partial charge in [0, 0.05) is 13.1 Å². The Balaban J connectivity index is 4.40. The van der Waals surface area contributed by atoms with E-state index in [1.165, 1.54) is 51.9 Å². The van der Waals surface area contributed by atoms with Crippen molar-refractivity contribution in [2.45, 2.75) is 67.2 Å². The first-order valence-electron chi connectivity index (χ1n) is 8.46. The third-order valence-corrected chi connectivity index (χ3v) is 4.39. The average Bonchev–Trinajstić information content (AvgIpc) is 2.41. The molecule has 0 amide bonds. The zero-order chi connectivity index (χ0) is 14.7. The van der Waals surface area contributed by atoms with Gasteiger partial charge in [0.2, 0.25) is 0 Å². The van der Waals surface area contributed by atoms with Crippen molar-refractivity contribution in [2.24, 2.45) is 11.3 Å². The Kier molecular flexibility index (Phi) is 10.6. The van der Waals surface area contributed by atoms with Crippen LogP contribution < -0.4 is 5.32 Å². The van der Waals surface area contributed by atoms with E-state index in [4.69, 9.17) is 0 Å². The van der Waals surface area contributed by atoms with Gasteiger partial charge in [0.15, 0.2) is 0 Å². The summed E-state index contributed by atoms with van der Waals surface area (Å²) in [6.07, 6.45) is 5.18. The second-order valence-electron chi connectivity index (χ2n) is 6.45. The Morgan fingerprint density at radius 2 is 1.68 bits per heavy atom. The van der Waals surface area contributed by atoms with Crippen LogP contribution in [0.2, 0.25) is 0 Å². The SMILES string of the molecule is CCCCN(CC)CC(CC)(CC)CNCC(C)C. The lowest BCUT2D eigenvalue weighted by Gasteiger charge is -2.37. The molecule has 0 saturated carbocycles. The first-order valence-corrected chi connectivity index (χ1v) is 8.46. The van der Waals surface area contributed by atoms with E-state index in [1.54, 1.807) is 0 Å². The van der Waals surface area contributed by atoms with Crippen molar-refractivity contribution in [1.82, 2.24) is 10.2 Å². The number of nitrogens with zero attached hydrogens (tertiary/aromatic N) is 1. The van der Waals surface area contributed by atoms with Crippen LogP contribution in [0.25, 0.3) is 0 Å². The van der Waals surface area contributed by atoms with E-state index in [0.29, 0.717) is 5.41 Å². The number of unbranched alkanes of at least 4 members (excludes halogenated alkanes) is 1. The quantitative estimate of drug-likeness (QED) is 0.573. The molecule has 0 aliphatic carbocycles. The lowest BCUT2D eigenvalue weighted by atomic mass is 9.81. The molecule has 0 aliphatic rings. The molecule has 0 fully saturated rings. The highest BCUT2D eigenvalue weighted by Gasteiger charge is 2.27. The second kappa shape index (κ2) is 10.7. The molecule has 0 saturated heterocycles. The molecule has 0 radical (unpaired) electrons. The fourth-order valence-corrected chi connectivity index (χ4v) is 2.61. The Morgan fingerprint density at radius 3 is 2.11 bits per heavy atom. The summed E-state index contributed by atoms with van der Waals surface area (Å²) in [6.45, 7) is 19.9. The molecule has 0 atom stereocenters.